The van der Waals surface area contributed by atoms with Crippen LogP contribution in [0.4, 0.5) is 28.7 Å². The van der Waals surface area contributed by atoms with Crippen molar-refractivity contribution in [3.8, 4) is 17.6 Å². The van der Waals surface area contributed by atoms with E-state index >= 15 is 0 Å². The number of hydrogen-bond donors (Lipinski definition) is 2. The molecule has 0 fully saturated rings. The minimum Gasteiger partial charge on any atom is -0.495 e. The number of benzene rings is 2. The molecule has 0 aliphatic heterocycles. The molecule has 0 radical (unpaired) electrons. The van der Waals surface area contributed by atoms with E-state index in [2.05, 4.69) is 32.4 Å². The quantitative estimate of drug-likeness (QED) is 0.260. The molecular weight excluding hydrogens is 489 g/mol. The molecule has 0 saturated carbocycles. The number of aromatic nitrogens is 2. The molecule has 3 rings (SSSR count). The van der Waals surface area contributed by atoms with Crippen molar-refractivity contribution in [1.29, 1.82) is 0 Å². The van der Waals surface area contributed by atoms with E-state index < -0.39 is 13.0 Å². The summed E-state index contributed by atoms with van der Waals surface area (Å²) < 4.78 is 24.2. The zero-order valence-corrected chi connectivity index (χ0v) is 21.4. The van der Waals surface area contributed by atoms with Gasteiger partial charge in [0.1, 0.15) is 19.5 Å². The van der Waals surface area contributed by atoms with Crippen molar-refractivity contribution in [3.05, 3.63) is 54.9 Å². The molecule has 3 aromatic rings. The summed E-state index contributed by atoms with van der Waals surface area (Å²) in [6.07, 6.45) is 3.08. The number of nitrogens with zero attached hydrogens (tertiary/aromatic N) is 3. The van der Waals surface area contributed by atoms with Crippen LogP contribution in [0.25, 0.3) is 0 Å². The predicted molar refractivity (Wildman–Crippen MR) is 140 cm³/mol. The summed E-state index contributed by atoms with van der Waals surface area (Å²) in [7, 11) is 0.475. The average Bonchev–Trinajstić information content (AvgIpc) is 2.84. The fourth-order valence-electron chi connectivity index (χ4n) is 3.07. The van der Waals surface area contributed by atoms with Crippen molar-refractivity contribution in [2.45, 2.75) is 0 Å². The van der Waals surface area contributed by atoms with Crippen LogP contribution in [0.1, 0.15) is 0 Å². The van der Waals surface area contributed by atoms with Gasteiger partial charge in [-0.25, -0.2) is 14.4 Å². The molecule has 182 valence electrons. The minimum atomic E-state index is -2.56. The molecule has 2 aromatic carbocycles. The highest BCUT2D eigenvalue weighted by atomic mass is 35.5. The van der Waals surface area contributed by atoms with Gasteiger partial charge in [0.2, 0.25) is 5.95 Å². The van der Waals surface area contributed by atoms with Crippen molar-refractivity contribution in [2.24, 2.45) is 0 Å². The van der Waals surface area contributed by atoms with Crippen molar-refractivity contribution in [1.82, 2.24) is 9.97 Å². The van der Waals surface area contributed by atoms with E-state index in [4.69, 9.17) is 21.3 Å². The maximum absolute atomic E-state index is 12.7. The van der Waals surface area contributed by atoms with Gasteiger partial charge in [-0.2, -0.15) is 0 Å². The highest BCUT2D eigenvalue weighted by Crippen LogP contribution is 2.40. The maximum Gasteiger partial charge on any atom is 0.300 e. The van der Waals surface area contributed by atoms with Crippen molar-refractivity contribution >= 4 is 58.8 Å². The Morgan fingerprint density at radius 1 is 1.14 bits per heavy atom. The number of carbonyl (C=O) groups is 1. The summed E-state index contributed by atoms with van der Waals surface area (Å²) in [6.45, 7) is 3.55. The standard InChI is InChI=1S/C24H25ClN5O4P/c1-33-13-7-10-23(31)28-17-11-12-21(34-2)19(14-17)29-24-26-15-18(16-27-24)30(25)20-8-5-6-9-22(20)35(3,4)32/h5-6,8-9,11-12,14-16H,13H2,1-4H3,(H,28,31)(H,26,27,29). The molecule has 2 N–H and O–H groups in total. The van der Waals surface area contributed by atoms with Crippen LogP contribution in [-0.2, 0) is 14.1 Å². The number of carbonyl (C=O) groups excluding carboxylic acids is 1. The first kappa shape index (κ1) is 26.0. The molecule has 0 saturated heterocycles. The van der Waals surface area contributed by atoms with E-state index in [9.17, 15) is 9.36 Å². The van der Waals surface area contributed by atoms with Crippen molar-refractivity contribution in [3.63, 3.8) is 0 Å². The van der Waals surface area contributed by atoms with E-state index in [-0.39, 0.29) is 12.6 Å². The normalized spacial score (nSPS) is 10.7. The third-order valence-corrected chi connectivity index (χ3v) is 6.58. The van der Waals surface area contributed by atoms with E-state index in [1.165, 1.54) is 18.6 Å². The highest BCUT2D eigenvalue weighted by molar-refractivity contribution is 7.70. The molecule has 0 unspecified atom stereocenters. The molecule has 0 bridgehead atoms. The van der Waals surface area contributed by atoms with Gasteiger partial charge in [-0.15, -0.1) is 0 Å². The molecule has 0 atom stereocenters. The fraction of sp³-hybridized carbons (Fsp3) is 0.208. The number of methoxy groups -OCH3 is 2. The largest absolute Gasteiger partial charge is 0.495 e. The number of anilines is 5. The monoisotopic (exact) mass is 513 g/mol. The van der Waals surface area contributed by atoms with E-state index in [0.29, 0.717) is 33.8 Å². The molecule has 1 amide bonds. The third-order valence-electron chi connectivity index (χ3n) is 4.66. The van der Waals surface area contributed by atoms with E-state index in [0.717, 1.165) is 0 Å². The lowest BCUT2D eigenvalue weighted by Gasteiger charge is -2.21. The van der Waals surface area contributed by atoms with Gasteiger partial charge in [0.15, 0.2) is 0 Å². The van der Waals surface area contributed by atoms with E-state index in [1.54, 1.807) is 56.1 Å². The number of halogens is 1. The Bertz CT molecular complexity index is 1300. The van der Waals surface area contributed by atoms with Crippen LogP contribution < -0.4 is 25.1 Å². The summed E-state index contributed by atoms with van der Waals surface area (Å²) in [5.41, 5.74) is 2.15. The summed E-state index contributed by atoms with van der Waals surface area (Å²) >= 11 is 6.55. The molecule has 1 heterocycles. The second-order valence-corrected chi connectivity index (χ2v) is 11.1. The third kappa shape index (κ3) is 6.96. The van der Waals surface area contributed by atoms with Gasteiger partial charge in [0.05, 0.1) is 36.6 Å². The number of amides is 1. The Kier molecular flexibility index (Phi) is 8.72. The smallest absolute Gasteiger partial charge is 0.300 e. The predicted octanol–water partition coefficient (Wildman–Crippen LogP) is 4.36. The molecule has 11 heteroatoms. The summed E-state index contributed by atoms with van der Waals surface area (Å²) in [6, 6.07) is 12.3. The fourth-order valence-corrected chi connectivity index (χ4v) is 4.53. The van der Waals surface area contributed by atoms with E-state index in [1.807, 2.05) is 12.1 Å². The first-order valence-electron chi connectivity index (χ1n) is 10.4. The van der Waals surface area contributed by atoms with Crippen LogP contribution in [0, 0.1) is 11.8 Å². The highest BCUT2D eigenvalue weighted by Gasteiger charge is 2.20. The Hall–Kier alpha value is -3.57. The first-order valence-corrected chi connectivity index (χ1v) is 13.3. The van der Waals surface area contributed by atoms with Crippen LogP contribution in [-0.4, -0.2) is 50.0 Å². The van der Waals surface area contributed by atoms with Crippen LogP contribution in [0.15, 0.2) is 54.9 Å². The number of nitrogens with one attached hydrogen (secondary N) is 2. The summed E-state index contributed by atoms with van der Waals surface area (Å²) in [5.74, 6) is 5.37. The van der Waals surface area contributed by atoms with Gasteiger partial charge in [-0.05, 0) is 49.6 Å². The van der Waals surface area contributed by atoms with Gasteiger partial charge in [-0.1, -0.05) is 18.1 Å². The molecule has 35 heavy (non-hydrogen) atoms. The zero-order valence-electron chi connectivity index (χ0n) is 19.7. The zero-order chi connectivity index (χ0) is 25.4. The van der Waals surface area contributed by atoms with Crippen LogP contribution >= 0.6 is 18.9 Å². The second kappa shape index (κ2) is 11.7. The Morgan fingerprint density at radius 2 is 1.86 bits per heavy atom. The van der Waals surface area contributed by atoms with Gasteiger partial charge >= 0.3 is 0 Å². The molecular formula is C24H25ClN5O4P. The summed E-state index contributed by atoms with van der Waals surface area (Å²) in [5, 5.41) is 6.42. The van der Waals surface area contributed by atoms with Crippen molar-refractivity contribution in [2.75, 3.05) is 49.2 Å². The lowest BCUT2D eigenvalue weighted by molar-refractivity contribution is -0.111. The van der Waals surface area contributed by atoms with Crippen LogP contribution in [0.3, 0.4) is 0 Å². The molecule has 0 spiro atoms. The van der Waals surface area contributed by atoms with Gasteiger partial charge in [0, 0.05) is 29.9 Å². The van der Waals surface area contributed by atoms with Gasteiger partial charge < -0.3 is 24.7 Å². The van der Waals surface area contributed by atoms with Gasteiger partial charge in [-0.3, -0.25) is 4.79 Å². The Morgan fingerprint density at radius 3 is 2.51 bits per heavy atom. The number of para-hydroxylation sites is 1. The molecule has 0 aliphatic rings. The molecule has 9 nitrogen and oxygen atoms in total. The van der Waals surface area contributed by atoms with Gasteiger partial charge in [0.25, 0.3) is 5.91 Å². The topological polar surface area (TPSA) is 106 Å². The van der Waals surface area contributed by atoms with Crippen molar-refractivity contribution < 1.29 is 18.8 Å². The first-order chi connectivity index (χ1) is 16.7. The number of hydrogen-bond acceptors (Lipinski definition) is 8. The number of rotatable bonds is 8. The lowest BCUT2D eigenvalue weighted by atomic mass is 10.2. The average molecular weight is 514 g/mol. The SMILES string of the molecule is COCC#CC(=O)Nc1ccc(OC)c(Nc2ncc(N(Cl)c3ccccc3P(C)(C)=O)cn2)c1. The second-order valence-electron chi connectivity index (χ2n) is 7.61. The lowest BCUT2D eigenvalue weighted by Crippen LogP contribution is -2.15. The van der Waals surface area contributed by atoms with Crippen LogP contribution in [0.2, 0.25) is 0 Å². The Labute approximate surface area is 209 Å². The Balaban J connectivity index is 1.79. The number of ether oxygens (including phenoxy) is 2. The molecule has 0 aliphatic carbocycles. The summed E-state index contributed by atoms with van der Waals surface area (Å²) in [4.78, 5) is 20.6. The molecule has 1 aromatic heterocycles. The maximum atomic E-state index is 12.7. The minimum absolute atomic E-state index is 0.164. The van der Waals surface area contributed by atoms with Crippen LogP contribution in [0.5, 0.6) is 5.75 Å².